The van der Waals surface area contributed by atoms with Crippen molar-refractivity contribution in [1.29, 1.82) is 10.7 Å². The van der Waals surface area contributed by atoms with Crippen LogP contribution in [-0.2, 0) is 0 Å². The summed E-state index contributed by atoms with van der Waals surface area (Å²) in [7, 11) is 0. The van der Waals surface area contributed by atoms with Gasteiger partial charge in [-0.15, -0.1) is 0 Å². The second-order valence-electron chi connectivity index (χ2n) is 12.2. The number of hydrogen-bond acceptors (Lipinski definition) is 7. The first-order valence-electron chi connectivity index (χ1n) is 15.9. The van der Waals surface area contributed by atoms with Crippen molar-refractivity contribution in [2.75, 3.05) is 0 Å². The Labute approximate surface area is 263 Å². The molecule has 2 bridgehead atoms. The number of nitrogens with one attached hydrogen (secondary N) is 2. The van der Waals surface area contributed by atoms with Gasteiger partial charge in [-0.3, -0.25) is 20.3 Å². The molecule has 2 aliphatic rings. The van der Waals surface area contributed by atoms with E-state index in [1.807, 2.05) is 60.5 Å². The number of pyridine rings is 1. The Bertz CT molecular complexity index is 1730. The number of carbonyl (C=O) groups excluding carboxylic acids is 1. The number of hydrogen-bond donors (Lipinski definition) is 2. The number of aromatic nitrogens is 6. The van der Waals surface area contributed by atoms with Crippen LogP contribution in [0.15, 0.2) is 72.3 Å². The first kappa shape index (κ1) is 30.1. The Balaban J connectivity index is 1.33. The number of benzene rings is 1. The number of nitriles is 1. The average molecular weight is 602 g/mol. The zero-order valence-electron chi connectivity index (χ0n) is 26.1. The molecule has 10 heteroatoms. The zero-order chi connectivity index (χ0) is 31.6. The summed E-state index contributed by atoms with van der Waals surface area (Å²) in [5, 5.41) is 31.2. The van der Waals surface area contributed by atoms with Crippen molar-refractivity contribution >= 4 is 11.7 Å². The minimum Gasteiger partial charge on any atom is -0.330 e. The number of nitrogens with zero attached hydrogens (tertiary/aromatic N) is 7. The molecule has 2 aliphatic heterocycles. The molecule has 0 radical (unpaired) electrons. The molecule has 2 fully saturated rings. The molecule has 0 aliphatic carbocycles. The Kier molecular flexibility index (Phi) is 8.44. The molecule has 2 atom stereocenters. The number of carbonyl (C=O) groups is 1. The fraction of sp³-hybridized carbons (Fsp3) is 0.400. The quantitative estimate of drug-likeness (QED) is 0.124. The molecule has 0 saturated carbocycles. The van der Waals surface area contributed by atoms with Crippen LogP contribution in [0.25, 0.3) is 22.4 Å². The number of fused-ring (bicyclic) bond motifs is 2. The lowest BCUT2D eigenvalue weighted by Gasteiger charge is -2.48. The monoisotopic (exact) mass is 601 g/mol. The first-order valence-corrected chi connectivity index (χ1v) is 15.9. The maximum atomic E-state index is 13.4. The normalized spacial score (nSPS) is 21.3. The highest BCUT2D eigenvalue weighted by Crippen LogP contribution is 2.53. The molecule has 45 heavy (non-hydrogen) atoms. The highest BCUT2D eigenvalue weighted by Gasteiger charge is 2.51. The van der Waals surface area contributed by atoms with Crippen LogP contribution >= 0.6 is 0 Å². The molecule has 2 unspecified atom stereocenters. The highest BCUT2D eigenvalue weighted by atomic mass is 16.2. The number of allylic oxidation sites excluding steroid dienone is 2. The van der Waals surface area contributed by atoms with Crippen molar-refractivity contribution in [3.05, 3.63) is 83.9 Å². The molecular weight excluding hydrogens is 562 g/mol. The minimum absolute atomic E-state index is 0.0523. The van der Waals surface area contributed by atoms with E-state index in [0.29, 0.717) is 5.57 Å². The van der Waals surface area contributed by atoms with Gasteiger partial charge in [-0.25, -0.2) is 9.67 Å². The van der Waals surface area contributed by atoms with E-state index in [9.17, 15) is 15.5 Å². The third-order valence-electron chi connectivity index (χ3n) is 9.84. The number of H-pyrrole nitrogens is 1. The lowest BCUT2D eigenvalue weighted by atomic mass is 9.65. The van der Waals surface area contributed by atoms with Gasteiger partial charge < -0.3 is 4.90 Å². The number of piperidine rings is 1. The molecular formula is C35H39N9O. The predicted molar refractivity (Wildman–Crippen MR) is 172 cm³/mol. The van der Waals surface area contributed by atoms with Gasteiger partial charge in [0.05, 0.1) is 23.2 Å². The number of amides is 1. The highest BCUT2D eigenvalue weighted by molar-refractivity contribution is 6.02. The third kappa shape index (κ3) is 5.48. The average Bonchev–Trinajstić information content (AvgIpc) is 3.81. The summed E-state index contributed by atoms with van der Waals surface area (Å²) < 4.78 is 1.59. The lowest BCUT2D eigenvalue weighted by molar-refractivity contribution is 0.0370. The van der Waals surface area contributed by atoms with Gasteiger partial charge in [0, 0.05) is 35.0 Å². The smallest absolute Gasteiger partial charge is 0.291 e. The summed E-state index contributed by atoms with van der Waals surface area (Å²) in [4.78, 5) is 24.2. The van der Waals surface area contributed by atoms with E-state index in [2.05, 4.69) is 45.2 Å². The summed E-state index contributed by atoms with van der Waals surface area (Å²) in [6.07, 6.45) is 11.8. The molecule has 6 rings (SSSR count). The molecule has 10 nitrogen and oxygen atoms in total. The summed E-state index contributed by atoms with van der Waals surface area (Å²) in [6.45, 7) is 6.27. The van der Waals surface area contributed by atoms with Crippen molar-refractivity contribution in [3.63, 3.8) is 0 Å². The summed E-state index contributed by atoms with van der Waals surface area (Å²) in [6, 6.07) is 16.6. The van der Waals surface area contributed by atoms with Crippen molar-refractivity contribution < 1.29 is 4.79 Å². The van der Waals surface area contributed by atoms with E-state index in [-0.39, 0.29) is 35.1 Å². The molecule has 3 aromatic heterocycles. The fourth-order valence-corrected chi connectivity index (χ4v) is 7.49. The van der Waals surface area contributed by atoms with Gasteiger partial charge in [0.15, 0.2) is 5.84 Å². The zero-order valence-corrected chi connectivity index (χ0v) is 26.1. The minimum atomic E-state index is -0.280. The van der Waals surface area contributed by atoms with Crippen LogP contribution in [0.2, 0.25) is 0 Å². The summed E-state index contributed by atoms with van der Waals surface area (Å²) in [5.41, 5.74) is 5.66. The van der Waals surface area contributed by atoms with Crippen LogP contribution in [-0.4, -0.2) is 58.7 Å². The van der Waals surface area contributed by atoms with E-state index >= 15 is 0 Å². The Hall–Kier alpha value is -4.91. The third-order valence-corrected chi connectivity index (χ3v) is 9.84. The largest absolute Gasteiger partial charge is 0.330 e. The predicted octanol–water partition coefficient (Wildman–Crippen LogP) is 6.74. The van der Waals surface area contributed by atoms with Gasteiger partial charge in [0.1, 0.15) is 12.4 Å². The van der Waals surface area contributed by atoms with Gasteiger partial charge >= 0.3 is 0 Å². The molecule has 230 valence electrons. The van der Waals surface area contributed by atoms with E-state index in [1.165, 1.54) is 6.33 Å². The van der Waals surface area contributed by atoms with Gasteiger partial charge in [-0.2, -0.15) is 15.5 Å². The standard InChI is InChI=1S/C35H39N9O/c1-4-6-12-30(35(5-2)17-26-14-15-27(18-35)43(26)34(45)33-39-22-40-42-33)28(19-36)32(37)44-23(3)29(21-41-44)25-13-16-31(38-20-25)24-10-8-7-9-11-24/h7-11,13,16,20-22,26-27,37H,4-6,12,14-15,17-18H2,1-3H3,(H,39,40,42)/b30-28+,37-32?. The molecule has 1 aromatic carbocycles. The molecule has 5 heterocycles. The van der Waals surface area contributed by atoms with Crippen LogP contribution < -0.4 is 0 Å². The Morgan fingerprint density at radius 2 is 1.82 bits per heavy atom. The number of unbranched alkanes of at least 4 members (excludes halogenated alkanes) is 1. The van der Waals surface area contributed by atoms with Crippen LogP contribution in [0.5, 0.6) is 0 Å². The molecule has 1 amide bonds. The van der Waals surface area contributed by atoms with Crippen LogP contribution in [0.1, 0.15) is 81.5 Å². The summed E-state index contributed by atoms with van der Waals surface area (Å²) >= 11 is 0. The lowest BCUT2D eigenvalue weighted by Crippen LogP contribution is -2.51. The van der Waals surface area contributed by atoms with E-state index < -0.39 is 0 Å². The molecule has 0 spiro atoms. The van der Waals surface area contributed by atoms with Crippen molar-refractivity contribution in [2.24, 2.45) is 5.41 Å². The van der Waals surface area contributed by atoms with Crippen LogP contribution in [0.4, 0.5) is 0 Å². The van der Waals surface area contributed by atoms with Crippen molar-refractivity contribution in [3.8, 4) is 28.5 Å². The maximum absolute atomic E-state index is 13.4. The topological polar surface area (TPSA) is 140 Å². The van der Waals surface area contributed by atoms with E-state index in [4.69, 9.17) is 0 Å². The van der Waals surface area contributed by atoms with Crippen molar-refractivity contribution in [1.82, 2.24) is 34.8 Å². The van der Waals surface area contributed by atoms with Gasteiger partial charge in [-0.05, 0) is 68.9 Å². The maximum Gasteiger partial charge on any atom is 0.291 e. The van der Waals surface area contributed by atoms with E-state index in [0.717, 1.165) is 85.0 Å². The van der Waals surface area contributed by atoms with Gasteiger partial charge in [0.25, 0.3) is 5.91 Å². The summed E-state index contributed by atoms with van der Waals surface area (Å²) in [5.74, 6) is 0.261. The van der Waals surface area contributed by atoms with Crippen molar-refractivity contribution in [2.45, 2.75) is 84.2 Å². The van der Waals surface area contributed by atoms with Crippen LogP contribution in [0.3, 0.4) is 0 Å². The van der Waals surface area contributed by atoms with Gasteiger partial charge in [0.2, 0.25) is 5.82 Å². The number of rotatable bonds is 9. The second-order valence-corrected chi connectivity index (χ2v) is 12.2. The Morgan fingerprint density at radius 3 is 2.42 bits per heavy atom. The fourth-order valence-electron chi connectivity index (χ4n) is 7.49. The van der Waals surface area contributed by atoms with E-state index in [1.54, 1.807) is 10.9 Å². The number of aromatic amines is 1. The molecule has 2 N–H and O–H groups in total. The first-order chi connectivity index (χ1) is 21.9. The Morgan fingerprint density at radius 1 is 1.07 bits per heavy atom. The SMILES string of the molecule is CCCC/C(=C(/C#N)C(=N)n1ncc(-c2ccc(-c3ccccc3)nc2)c1C)C1(CC)CC2CCC(C1)N2C(=O)c1ncn[nH]1. The second kappa shape index (κ2) is 12.6. The van der Waals surface area contributed by atoms with Gasteiger partial charge in [-0.1, -0.05) is 56.7 Å². The van der Waals surface area contributed by atoms with Crippen LogP contribution in [0, 0.1) is 29.1 Å². The molecule has 4 aromatic rings. The molecule has 2 saturated heterocycles.